The molecule has 1 N–H and O–H groups in total. The highest BCUT2D eigenvalue weighted by atomic mass is 16.5. The van der Waals surface area contributed by atoms with Crippen molar-refractivity contribution in [1.29, 1.82) is 0 Å². The molecule has 0 bridgehead atoms. The van der Waals surface area contributed by atoms with Crippen LogP contribution in [0, 0.1) is 11.8 Å². The van der Waals surface area contributed by atoms with Crippen LogP contribution in [0.5, 0.6) is 5.75 Å². The molecular weight excluding hydrogens is 346 g/mol. The molecule has 1 aliphatic rings. The SMILES string of the molecule is CCCOc1cn(-c2ccccc2)nc1C(=O)N1CC(C)CC(C(=O)O)C1. The average molecular weight is 371 g/mol. The molecule has 1 aromatic carbocycles. The number of amides is 1. The quantitative estimate of drug-likeness (QED) is 0.844. The van der Waals surface area contributed by atoms with Crippen molar-refractivity contribution in [2.24, 2.45) is 11.8 Å². The van der Waals surface area contributed by atoms with Crippen molar-refractivity contribution in [3.05, 3.63) is 42.2 Å². The van der Waals surface area contributed by atoms with E-state index in [9.17, 15) is 14.7 Å². The van der Waals surface area contributed by atoms with Crippen molar-refractivity contribution < 1.29 is 19.4 Å². The Hall–Kier alpha value is -2.83. The van der Waals surface area contributed by atoms with Crippen LogP contribution >= 0.6 is 0 Å². The zero-order valence-electron chi connectivity index (χ0n) is 15.7. The number of para-hydroxylation sites is 1. The number of aliphatic carboxylic acids is 1. The molecule has 0 radical (unpaired) electrons. The Morgan fingerprint density at radius 2 is 2.00 bits per heavy atom. The Labute approximate surface area is 158 Å². The van der Waals surface area contributed by atoms with Crippen LogP contribution in [0.15, 0.2) is 36.5 Å². The Morgan fingerprint density at radius 3 is 2.67 bits per heavy atom. The van der Waals surface area contributed by atoms with Crippen LogP contribution < -0.4 is 4.74 Å². The summed E-state index contributed by atoms with van der Waals surface area (Å²) in [4.78, 5) is 26.1. The van der Waals surface area contributed by atoms with Gasteiger partial charge in [0.2, 0.25) is 0 Å². The minimum absolute atomic E-state index is 0.125. The minimum atomic E-state index is -0.864. The summed E-state index contributed by atoms with van der Waals surface area (Å²) in [5.74, 6) is -1.14. The van der Waals surface area contributed by atoms with Crippen molar-refractivity contribution in [3.8, 4) is 11.4 Å². The normalized spacial score (nSPS) is 19.7. The molecule has 0 aliphatic carbocycles. The van der Waals surface area contributed by atoms with Crippen LogP contribution in [-0.4, -0.2) is 51.4 Å². The number of carboxylic acid groups (broad SMARTS) is 1. The summed E-state index contributed by atoms with van der Waals surface area (Å²) in [7, 11) is 0. The summed E-state index contributed by atoms with van der Waals surface area (Å²) in [6.45, 7) is 5.16. The van der Waals surface area contributed by atoms with Crippen LogP contribution in [0.4, 0.5) is 0 Å². The molecular formula is C20H25N3O4. The summed E-state index contributed by atoms with van der Waals surface area (Å²) in [5, 5.41) is 13.8. The molecule has 7 heteroatoms. The lowest BCUT2D eigenvalue weighted by Crippen LogP contribution is -2.45. The van der Waals surface area contributed by atoms with Crippen LogP contribution in [0.1, 0.15) is 37.2 Å². The third kappa shape index (κ3) is 4.30. The van der Waals surface area contributed by atoms with E-state index in [-0.39, 0.29) is 24.1 Å². The van der Waals surface area contributed by atoms with Gasteiger partial charge in [0.05, 0.1) is 24.4 Å². The highest BCUT2D eigenvalue weighted by Gasteiger charge is 2.34. The number of piperidine rings is 1. The van der Waals surface area contributed by atoms with Crippen LogP contribution in [0.3, 0.4) is 0 Å². The van der Waals surface area contributed by atoms with E-state index in [0.717, 1.165) is 12.1 Å². The van der Waals surface area contributed by atoms with E-state index in [2.05, 4.69) is 5.10 Å². The molecule has 1 amide bonds. The number of nitrogens with zero attached hydrogens (tertiary/aromatic N) is 3. The number of carboxylic acids is 1. The van der Waals surface area contributed by atoms with E-state index >= 15 is 0 Å². The molecule has 1 fully saturated rings. The zero-order valence-corrected chi connectivity index (χ0v) is 15.7. The lowest BCUT2D eigenvalue weighted by molar-refractivity contribution is -0.143. The molecule has 0 spiro atoms. The molecule has 27 heavy (non-hydrogen) atoms. The first-order valence-corrected chi connectivity index (χ1v) is 9.29. The number of hydrogen-bond donors (Lipinski definition) is 1. The summed E-state index contributed by atoms with van der Waals surface area (Å²) < 4.78 is 7.38. The fourth-order valence-electron chi connectivity index (χ4n) is 3.38. The third-order valence-electron chi connectivity index (χ3n) is 4.66. The van der Waals surface area contributed by atoms with Gasteiger partial charge in [-0.3, -0.25) is 9.59 Å². The van der Waals surface area contributed by atoms with Gasteiger partial charge >= 0.3 is 5.97 Å². The minimum Gasteiger partial charge on any atom is -0.489 e. The fraction of sp³-hybridized carbons (Fsp3) is 0.450. The van der Waals surface area contributed by atoms with Gasteiger partial charge in [-0.2, -0.15) is 5.10 Å². The van der Waals surface area contributed by atoms with Gasteiger partial charge in [-0.1, -0.05) is 32.0 Å². The van der Waals surface area contributed by atoms with Crippen molar-refractivity contribution >= 4 is 11.9 Å². The Morgan fingerprint density at radius 1 is 1.26 bits per heavy atom. The van der Waals surface area contributed by atoms with Crippen molar-refractivity contribution in [2.75, 3.05) is 19.7 Å². The first-order chi connectivity index (χ1) is 13.0. The number of likely N-dealkylation sites (tertiary alicyclic amines) is 1. The standard InChI is InChI=1S/C20H25N3O4/c1-3-9-27-17-13-23(16-7-5-4-6-8-16)21-18(17)19(24)22-11-14(2)10-15(12-22)20(25)26/h4-8,13-15H,3,9-12H2,1-2H3,(H,25,26). The highest BCUT2D eigenvalue weighted by molar-refractivity contribution is 5.95. The Bertz CT molecular complexity index is 803. The lowest BCUT2D eigenvalue weighted by atomic mass is 9.90. The monoisotopic (exact) mass is 371 g/mol. The summed E-state index contributed by atoms with van der Waals surface area (Å²) >= 11 is 0. The number of carbonyl (C=O) groups is 2. The molecule has 2 unspecified atom stereocenters. The topological polar surface area (TPSA) is 84.7 Å². The molecule has 144 valence electrons. The second-order valence-corrected chi connectivity index (χ2v) is 7.06. The van der Waals surface area contributed by atoms with Gasteiger partial charge in [0, 0.05) is 13.1 Å². The molecule has 2 heterocycles. The molecule has 1 aliphatic heterocycles. The number of carbonyl (C=O) groups excluding carboxylic acids is 1. The molecule has 1 saturated heterocycles. The first kappa shape index (κ1) is 18.9. The Kier molecular flexibility index (Phi) is 5.78. The molecule has 7 nitrogen and oxygen atoms in total. The maximum atomic E-state index is 13.1. The van der Waals surface area contributed by atoms with Gasteiger partial charge in [0.25, 0.3) is 5.91 Å². The van der Waals surface area contributed by atoms with E-state index in [1.807, 2.05) is 44.2 Å². The highest BCUT2D eigenvalue weighted by Crippen LogP contribution is 2.27. The molecule has 2 aromatic rings. The smallest absolute Gasteiger partial charge is 0.308 e. The summed E-state index contributed by atoms with van der Waals surface area (Å²) in [5.41, 5.74) is 1.05. The number of aromatic nitrogens is 2. The number of rotatable bonds is 6. The second-order valence-electron chi connectivity index (χ2n) is 7.06. The van der Waals surface area contributed by atoms with Crippen molar-refractivity contribution in [3.63, 3.8) is 0 Å². The van der Waals surface area contributed by atoms with E-state index < -0.39 is 11.9 Å². The molecule has 3 rings (SSSR count). The van der Waals surface area contributed by atoms with E-state index in [0.29, 0.717) is 25.3 Å². The van der Waals surface area contributed by atoms with Gasteiger partial charge in [-0.25, -0.2) is 4.68 Å². The number of benzene rings is 1. The van der Waals surface area contributed by atoms with Gasteiger partial charge < -0.3 is 14.7 Å². The first-order valence-electron chi connectivity index (χ1n) is 9.29. The number of hydrogen-bond acceptors (Lipinski definition) is 4. The largest absolute Gasteiger partial charge is 0.489 e. The number of ether oxygens (including phenoxy) is 1. The molecule has 1 aromatic heterocycles. The summed E-state index contributed by atoms with van der Waals surface area (Å²) in [6, 6.07) is 9.50. The van der Waals surface area contributed by atoms with Gasteiger partial charge in [-0.15, -0.1) is 0 Å². The van der Waals surface area contributed by atoms with Gasteiger partial charge in [0.1, 0.15) is 0 Å². The predicted octanol–water partition coefficient (Wildman–Crippen LogP) is 2.84. The predicted molar refractivity (Wildman–Crippen MR) is 100 cm³/mol. The zero-order chi connectivity index (χ0) is 19.4. The van der Waals surface area contributed by atoms with Crippen LogP contribution in [0.2, 0.25) is 0 Å². The third-order valence-corrected chi connectivity index (χ3v) is 4.66. The van der Waals surface area contributed by atoms with Crippen molar-refractivity contribution in [1.82, 2.24) is 14.7 Å². The maximum absolute atomic E-state index is 13.1. The second kappa shape index (κ2) is 8.24. The maximum Gasteiger partial charge on any atom is 0.308 e. The summed E-state index contributed by atoms with van der Waals surface area (Å²) in [6.07, 6.45) is 3.10. The van der Waals surface area contributed by atoms with Gasteiger partial charge in [0.15, 0.2) is 11.4 Å². The molecule has 0 saturated carbocycles. The molecule has 2 atom stereocenters. The average Bonchev–Trinajstić information content (AvgIpc) is 3.10. The van der Waals surface area contributed by atoms with Gasteiger partial charge in [-0.05, 0) is 30.9 Å². The van der Waals surface area contributed by atoms with Crippen LogP contribution in [-0.2, 0) is 4.79 Å². The lowest BCUT2D eigenvalue weighted by Gasteiger charge is -2.34. The van der Waals surface area contributed by atoms with E-state index in [1.54, 1.807) is 15.8 Å². The Balaban J connectivity index is 1.90. The van der Waals surface area contributed by atoms with E-state index in [4.69, 9.17) is 4.74 Å². The van der Waals surface area contributed by atoms with Crippen molar-refractivity contribution in [2.45, 2.75) is 26.7 Å². The fourth-order valence-corrected chi connectivity index (χ4v) is 3.38. The van der Waals surface area contributed by atoms with E-state index in [1.165, 1.54) is 0 Å². The van der Waals surface area contributed by atoms with Crippen LogP contribution in [0.25, 0.3) is 5.69 Å².